The Bertz CT molecular complexity index is 1420. The molecule has 0 radical (unpaired) electrons. The van der Waals surface area contributed by atoms with Crippen molar-refractivity contribution < 1.29 is 23.1 Å². The predicted octanol–water partition coefficient (Wildman–Crippen LogP) is 2.02. The number of rotatable bonds is 10. The van der Waals surface area contributed by atoms with Crippen LogP contribution in [-0.4, -0.2) is 41.5 Å². The molecule has 0 fully saturated rings. The minimum absolute atomic E-state index is 0.0765. The van der Waals surface area contributed by atoms with E-state index in [0.29, 0.717) is 23.4 Å². The largest absolute Gasteiger partial charge is 0.497 e. The summed E-state index contributed by atoms with van der Waals surface area (Å²) in [7, 11) is -2.54. The summed E-state index contributed by atoms with van der Waals surface area (Å²) in [5.74, 6) is -1.24. The molecule has 1 N–H and O–H groups in total. The number of benzene rings is 2. The number of ether oxygens (including phenoxy) is 1. The van der Waals surface area contributed by atoms with Crippen LogP contribution in [-0.2, 0) is 34.5 Å². The number of hydrogen-bond acceptors (Lipinski definition) is 6. The number of aryl methyl sites for hydroxylation is 1. The zero-order chi connectivity index (χ0) is 25.0. The molecule has 0 aliphatic carbocycles. The third-order valence-corrected chi connectivity index (χ3v) is 7.26. The van der Waals surface area contributed by atoms with Gasteiger partial charge in [-0.05, 0) is 49.7 Å². The van der Waals surface area contributed by atoms with Gasteiger partial charge in [0.05, 0.1) is 42.4 Å². The van der Waals surface area contributed by atoms with Crippen molar-refractivity contribution in [2.24, 2.45) is 0 Å². The fraction of sp³-hybridized carbons (Fsp3) is 0.348. The van der Waals surface area contributed by atoms with Crippen LogP contribution >= 0.6 is 0 Å². The summed E-state index contributed by atoms with van der Waals surface area (Å²) in [5, 5.41) is 9.23. The number of aliphatic carboxylic acids is 1. The van der Waals surface area contributed by atoms with E-state index in [1.807, 2.05) is 0 Å². The molecule has 182 valence electrons. The number of hydrogen-bond donors (Lipinski definition) is 1. The highest BCUT2D eigenvalue weighted by Crippen LogP contribution is 2.26. The van der Waals surface area contributed by atoms with Gasteiger partial charge in [0.2, 0.25) is 10.0 Å². The first-order valence-electron chi connectivity index (χ1n) is 10.8. The highest BCUT2D eigenvalue weighted by molar-refractivity contribution is 7.92. The minimum Gasteiger partial charge on any atom is -0.497 e. The highest BCUT2D eigenvalue weighted by atomic mass is 32.2. The third kappa shape index (κ3) is 4.98. The van der Waals surface area contributed by atoms with Gasteiger partial charge in [0.1, 0.15) is 5.75 Å². The molecular weight excluding hydrogens is 462 g/mol. The molecule has 1 aromatic heterocycles. The van der Waals surface area contributed by atoms with E-state index in [-0.39, 0.29) is 24.2 Å². The van der Waals surface area contributed by atoms with Gasteiger partial charge >= 0.3 is 11.7 Å². The lowest BCUT2D eigenvalue weighted by Gasteiger charge is -2.25. The summed E-state index contributed by atoms with van der Waals surface area (Å²) in [4.78, 5) is 36.7. The number of anilines is 1. The van der Waals surface area contributed by atoms with Crippen molar-refractivity contribution in [3.8, 4) is 5.75 Å². The second-order valence-corrected chi connectivity index (χ2v) is 9.61. The van der Waals surface area contributed by atoms with Gasteiger partial charge in [-0.25, -0.2) is 13.2 Å². The van der Waals surface area contributed by atoms with Crippen LogP contribution in [0.1, 0.15) is 25.8 Å². The van der Waals surface area contributed by atoms with Gasteiger partial charge < -0.3 is 9.84 Å². The minimum atomic E-state index is -4.06. The second-order valence-electron chi connectivity index (χ2n) is 7.59. The molecule has 34 heavy (non-hydrogen) atoms. The average Bonchev–Trinajstić information content (AvgIpc) is 2.82. The number of nitrogens with zero attached hydrogens (tertiary/aromatic N) is 3. The fourth-order valence-corrected chi connectivity index (χ4v) is 5.16. The molecule has 0 unspecified atom stereocenters. The maximum absolute atomic E-state index is 13.2. The standard InChI is InChI=1S/C23H27N3O7S/c1-4-24-20-11-8-17(14-19(20)22(29)25(5-2)23(24)30)26(34(31,32)13-12-21(27)28)15-16-6-9-18(33-3)10-7-16/h6-11,14H,4-5,12-13,15H2,1-3H3,(H,27,28). The van der Waals surface area contributed by atoms with Crippen LogP contribution in [0.4, 0.5) is 5.69 Å². The molecule has 0 amide bonds. The van der Waals surface area contributed by atoms with Crippen LogP contribution in [0.15, 0.2) is 52.1 Å². The zero-order valence-electron chi connectivity index (χ0n) is 19.2. The van der Waals surface area contributed by atoms with Crippen molar-refractivity contribution in [2.75, 3.05) is 17.2 Å². The first-order chi connectivity index (χ1) is 16.1. The Balaban J connectivity index is 2.19. The average molecular weight is 490 g/mol. The van der Waals surface area contributed by atoms with Gasteiger partial charge in [-0.15, -0.1) is 0 Å². The molecule has 11 heteroatoms. The molecule has 2 aromatic carbocycles. The van der Waals surface area contributed by atoms with Crippen molar-refractivity contribution in [3.05, 3.63) is 68.9 Å². The number of aromatic nitrogens is 2. The van der Waals surface area contributed by atoms with Crippen molar-refractivity contribution >= 4 is 32.6 Å². The molecule has 0 atom stereocenters. The molecule has 1 heterocycles. The first-order valence-corrected chi connectivity index (χ1v) is 12.4. The van der Waals surface area contributed by atoms with Gasteiger partial charge in [-0.3, -0.25) is 23.0 Å². The van der Waals surface area contributed by atoms with Crippen molar-refractivity contribution in [3.63, 3.8) is 0 Å². The summed E-state index contributed by atoms with van der Waals surface area (Å²) < 4.78 is 35.2. The molecule has 0 spiro atoms. The van der Waals surface area contributed by atoms with Gasteiger partial charge in [-0.1, -0.05) is 12.1 Å². The lowest BCUT2D eigenvalue weighted by molar-refractivity contribution is -0.136. The van der Waals surface area contributed by atoms with E-state index in [4.69, 9.17) is 9.84 Å². The third-order valence-electron chi connectivity index (χ3n) is 5.52. The van der Waals surface area contributed by atoms with Crippen LogP contribution in [0.25, 0.3) is 10.9 Å². The summed E-state index contributed by atoms with van der Waals surface area (Å²) >= 11 is 0. The van der Waals surface area contributed by atoms with Crippen LogP contribution in [0.3, 0.4) is 0 Å². The topological polar surface area (TPSA) is 128 Å². The lowest BCUT2D eigenvalue weighted by Crippen LogP contribution is -2.39. The Labute approximate surface area is 196 Å². The number of sulfonamides is 1. The molecule has 0 aliphatic heterocycles. The zero-order valence-corrected chi connectivity index (χ0v) is 20.0. The van der Waals surface area contributed by atoms with Gasteiger partial charge in [0.15, 0.2) is 0 Å². The fourth-order valence-electron chi connectivity index (χ4n) is 3.72. The Morgan fingerprint density at radius 3 is 2.24 bits per heavy atom. The van der Waals surface area contributed by atoms with E-state index in [9.17, 15) is 22.8 Å². The van der Waals surface area contributed by atoms with Gasteiger partial charge in [0, 0.05) is 13.1 Å². The lowest BCUT2D eigenvalue weighted by atomic mass is 10.2. The maximum Gasteiger partial charge on any atom is 0.331 e. The summed E-state index contributed by atoms with van der Waals surface area (Å²) in [5.41, 5.74) is 0.304. The summed E-state index contributed by atoms with van der Waals surface area (Å²) in [6, 6.07) is 11.3. The van der Waals surface area contributed by atoms with Crippen molar-refractivity contribution in [1.82, 2.24) is 9.13 Å². The Morgan fingerprint density at radius 1 is 1.03 bits per heavy atom. The second kappa shape index (κ2) is 10.1. The number of carboxylic acid groups (broad SMARTS) is 1. The molecule has 3 rings (SSSR count). The van der Waals surface area contributed by atoms with Gasteiger partial charge in [0.25, 0.3) is 5.56 Å². The number of carboxylic acids is 1. The Morgan fingerprint density at radius 2 is 1.68 bits per heavy atom. The van der Waals surface area contributed by atoms with Gasteiger partial charge in [-0.2, -0.15) is 0 Å². The summed E-state index contributed by atoms with van der Waals surface area (Å²) in [6.07, 6.45) is -0.562. The SMILES string of the molecule is CCn1c(=O)c2cc(N(Cc3ccc(OC)cc3)S(=O)(=O)CCC(=O)O)ccc2n(CC)c1=O. The van der Waals surface area contributed by atoms with E-state index in [0.717, 1.165) is 8.87 Å². The molecule has 0 bridgehead atoms. The first kappa shape index (κ1) is 25.0. The van der Waals surface area contributed by atoms with Crippen LogP contribution < -0.4 is 20.3 Å². The highest BCUT2D eigenvalue weighted by Gasteiger charge is 2.25. The molecule has 3 aromatic rings. The number of carbonyl (C=O) groups is 1. The smallest absolute Gasteiger partial charge is 0.331 e. The predicted molar refractivity (Wildman–Crippen MR) is 129 cm³/mol. The normalized spacial score (nSPS) is 11.5. The maximum atomic E-state index is 13.2. The monoisotopic (exact) mass is 489 g/mol. The Hall–Kier alpha value is -3.60. The van der Waals surface area contributed by atoms with Crippen LogP contribution in [0.5, 0.6) is 5.75 Å². The van der Waals surface area contributed by atoms with E-state index in [2.05, 4.69) is 0 Å². The van der Waals surface area contributed by atoms with Crippen molar-refractivity contribution in [2.45, 2.75) is 39.9 Å². The quantitative estimate of drug-likeness (QED) is 0.461. The van der Waals surface area contributed by atoms with E-state index in [1.54, 1.807) is 44.2 Å². The Kier molecular flexibility index (Phi) is 7.45. The van der Waals surface area contributed by atoms with E-state index >= 15 is 0 Å². The summed E-state index contributed by atoms with van der Waals surface area (Å²) in [6.45, 7) is 3.90. The van der Waals surface area contributed by atoms with Crippen LogP contribution in [0, 0.1) is 0 Å². The molecule has 0 saturated carbocycles. The number of methoxy groups -OCH3 is 1. The van der Waals surface area contributed by atoms with Crippen molar-refractivity contribution in [1.29, 1.82) is 0 Å². The molecule has 10 nitrogen and oxygen atoms in total. The molecular formula is C23H27N3O7S. The van der Waals surface area contributed by atoms with E-state index in [1.165, 1.54) is 23.8 Å². The van der Waals surface area contributed by atoms with E-state index < -0.39 is 39.4 Å². The number of fused-ring (bicyclic) bond motifs is 1. The molecule has 0 saturated heterocycles. The molecule has 0 aliphatic rings. The van der Waals surface area contributed by atoms with Crippen LogP contribution in [0.2, 0.25) is 0 Å².